The number of fused-ring (bicyclic) bond motifs is 3. The zero-order valence-corrected chi connectivity index (χ0v) is 12.3. The summed E-state index contributed by atoms with van der Waals surface area (Å²) in [5.41, 5.74) is 2.63. The van der Waals surface area contributed by atoms with Crippen molar-refractivity contribution in [3.8, 4) is 0 Å². The molecule has 0 aliphatic heterocycles. The Morgan fingerprint density at radius 1 is 0.824 bits per heavy atom. The van der Waals surface area contributed by atoms with Gasteiger partial charge in [0.15, 0.2) is 0 Å². The van der Waals surface area contributed by atoms with Crippen molar-refractivity contribution in [3.63, 3.8) is 0 Å². The van der Waals surface area contributed by atoms with Gasteiger partial charge in [-0.25, -0.2) is 0 Å². The molecule has 90 valence electrons. The highest BCUT2D eigenvalue weighted by Crippen LogP contribution is 2.41. The summed E-state index contributed by atoms with van der Waals surface area (Å²) >= 11 is 3.89. The van der Waals surface area contributed by atoms with E-state index >= 15 is 0 Å². The molecule has 0 aliphatic carbocycles. The highest BCUT2D eigenvalue weighted by atomic mass is 32.1. The van der Waals surface area contributed by atoms with Crippen LogP contribution >= 0.6 is 22.7 Å². The van der Waals surface area contributed by atoms with Crippen LogP contribution in [-0.2, 0) is 0 Å². The Morgan fingerprint density at radius 3 is 1.59 bits per heavy atom. The summed E-state index contributed by atoms with van der Waals surface area (Å²) in [6, 6.07) is 4.62. The molecule has 0 unspecified atom stereocenters. The smallest absolute Gasteiger partial charge is 0.0701 e. The second-order valence-electron chi connectivity index (χ2n) is 5.22. The van der Waals surface area contributed by atoms with Gasteiger partial charge in [0.05, 0.1) is 20.4 Å². The highest BCUT2D eigenvalue weighted by Gasteiger charge is 2.14. The predicted molar refractivity (Wildman–Crippen MR) is 79.7 cm³/mol. The summed E-state index contributed by atoms with van der Waals surface area (Å²) in [7, 11) is 0. The Kier molecular flexibility index (Phi) is 2.56. The van der Waals surface area contributed by atoms with Crippen LogP contribution in [0.15, 0.2) is 12.1 Å². The average Bonchev–Trinajstić information content (AvgIpc) is 2.84. The van der Waals surface area contributed by atoms with Gasteiger partial charge in [-0.05, 0) is 24.0 Å². The van der Waals surface area contributed by atoms with Crippen LogP contribution in [0, 0.1) is 0 Å². The third-order valence-electron chi connectivity index (χ3n) is 3.12. The standard InChI is InChI=1S/C14H17NS2/c1-7(2)11-5-9-13(16-11)14-10(15-9)6-12(17-14)8(3)4/h5-8,15H,1-4H3. The number of H-pyrrole nitrogens is 1. The number of hydrogen-bond acceptors (Lipinski definition) is 2. The van der Waals surface area contributed by atoms with E-state index in [0.717, 1.165) is 0 Å². The number of nitrogens with one attached hydrogen (secondary N) is 1. The maximum absolute atomic E-state index is 3.55. The number of aromatic amines is 1. The molecule has 3 aromatic heterocycles. The molecule has 0 fully saturated rings. The van der Waals surface area contributed by atoms with Crippen LogP contribution in [0.25, 0.3) is 20.4 Å². The quantitative estimate of drug-likeness (QED) is 0.611. The van der Waals surface area contributed by atoms with Crippen molar-refractivity contribution < 1.29 is 0 Å². The maximum Gasteiger partial charge on any atom is 0.0701 e. The van der Waals surface area contributed by atoms with Crippen LogP contribution in [0.2, 0.25) is 0 Å². The number of rotatable bonds is 2. The molecule has 3 heteroatoms. The van der Waals surface area contributed by atoms with Crippen molar-refractivity contribution >= 4 is 43.1 Å². The molecule has 3 rings (SSSR count). The van der Waals surface area contributed by atoms with E-state index in [1.54, 1.807) is 0 Å². The van der Waals surface area contributed by atoms with E-state index in [1.165, 1.54) is 30.2 Å². The fraction of sp³-hybridized carbons (Fsp3) is 0.429. The van der Waals surface area contributed by atoms with E-state index in [9.17, 15) is 0 Å². The zero-order valence-electron chi connectivity index (χ0n) is 10.6. The summed E-state index contributed by atoms with van der Waals surface area (Å²) in [6.07, 6.45) is 0. The van der Waals surface area contributed by atoms with Gasteiger partial charge in [-0.2, -0.15) is 0 Å². The van der Waals surface area contributed by atoms with Gasteiger partial charge in [0.1, 0.15) is 0 Å². The van der Waals surface area contributed by atoms with E-state index < -0.39 is 0 Å². The van der Waals surface area contributed by atoms with Crippen LogP contribution in [0.1, 0.15) is 49.3 Å². The summed E-state index contributed by atoms with van der Waals surface area (Å²) < 4.78 is 2.89. The van der Waals surface area contributed by atoms with E-state index in [1.807, 2.05) is 22.7 Å². The molecule has 3 aromatic rings. The summed E-state index contributed by atoms with van der Waals surface area (Å²) in [4.78, 5) is 6.51. The van der Waals surface area contributed by atoms with Gasteiger partial charge < -0.3 is 4.98 Å². The highest BCUT2D eigenvalue weighted by molar-refractivity contribution is 7.27. The first-order valence-electron chi connectivity index (χ1n) is 6.11. The van der Waals surface area contributed by atoms with Crippen LogP contribution in [-0.4, -0.2) is 4.98 Å². The van der Waals surface area contributed by atoms with Gasteiger partial charge in [0, 0.05) is 9.75 Å². The lowest BCUT2D eigenvalue weighted by Crippen LogP contribution is -1.78. The van der Waals surface area contributed by atoms with E-state index in [-0.39, 0.29) is 0 Å². The summed E-state index contributed by atoms with van der Waals surface area (Å²) in [6.45, 7) is 9.04. The predicted octanol–water partition coefficient (Wildman–Crippen LogP) is 5.69. The molecule has 0 spiro atoms. The molecule has 0 saturated carbocycles. The van der Waals surface area contributed by atoms with Gasteiger partial charge in [-0.3, -0.25) is 0 Å². The van der Waals surface area contributed by atoms with Crippen LogP contribution < -0.4 is 0 Å². The van der Waals surface area contributed by atoms with Gasteiger partial charge in [0.25, 0.3) is 0 Å². The van der Waals surface area contributed by atoms with E-state index in [4.69, 9.17) is 0 Å². The lowest BCUT2D eigenvalue weighted by atomic mass is 10.2. The van der Waals surface area contributed by atoms with Gasteiger partial charge >= 0.3 is 0 Å². The van der Waals surface area contributed by atoms with Crippen molar-refractivity contribution in [1.29, 1.82) is 0 Å². The van der Waals surface area contributed by atoms with Crippen molar-refractivity contribution in [2.45, 2.75) is 39.5 Å². The molecular formula is C14H17NS2. The first kappa shape index (κ1) is 11.3. The molecule has 0 bridgehead atoms. The Balaban J connectivity index is 2.23. The van der Waals surface area contributed by atoms with Crippen LogP contribution in [0.5, 0.6) is 0 Å². The fourth-order valence-corrected chi connectivity index (χ4v) is 4.45. The third-order valence-corrected chi connectivity index (χ3v) is 6.15. The molecule has 0 amide bonds. The molecule has 0 aliphatic rings. The zero-order chi connectivity index (χ0) is 12.2. The maximum atomic E-state index is 3.55. The van der Waals surface area contributed by atoms with Crippen molar-refractivity contribution in [2.75, 3.05) is 0 Å². The largest absolute Gasteiger partial charge is 0.353 e. The summed E-state index contributed by atoms with van der Waals surface area (Å²) in [5, 5.41) is 0. The number of hydrogen-bond donors (Lipinski definition) is 1. The van der Waals surface area contributed by atoms with E-state index in [2.05, 4.69) is 44.8 Å². The van der Waals surface area contributed by atoms with E-state index in [0.29, 0.717) is 11.8 Å². The third kappa shape index (κ3) is 1.72. The average molecular weight is 263 g/mol. The topological polar surface area (TPSA) is 15.8 Å². The molecule has 0 atom stereocenters. The van der Waals surface area contributed by atoms with Gasteiger partial charge in [0.2, 0.25) is 0 Å². The SMILES string of the molecule is CC(C)c1cc2[nH]c3cc(C(C)C)sc3c2s1. The number of thiophene rings is 2. The Hall–Kier alpha value is -0.800. The minimum absolute atomic E-state index is 0.625. The van der Waals surface area contributed by atoms with Gasteiger partial charge in [-0.1, -0.05) is 27.7 Å². The second-order valence-corrected chi connectivity index (χ2v) is 7.39. The molecule has 3 heterocycles. The molecule has 1 nitrogen and oxygen atoms in total. The summed E-state index contributed by atoms with van der Waals surface area (Å²) in [5.74, 6) is 1.25. The second kappa shape index (κ2) is 3.85. The molecule has 17 heavy (non-hydrogen) atoms. The van der Waals surface area contributed by atoms with Crippen LogP contribution in [0.4, 0.5) is 0 Å². The molecular weight excluding hydrogens is 246 g/mol. The van der Waals surface area contributed by atoms with Crippen molar-refractivity contribution in [2.24, 2.45) is 0 Å². The van der Waals surface area contributed by atoms with Crippen LogP contribution in [0.3, 0.4) is 0 Å². The minimum Gasteiger partial charge on any atom is -0.353 e. The monoisotopic (exact) mass is 263 g/mol. The normalized spacial score (nSPS) is 12.6. The Bertz CT molecular complexity index is 610. The minimum atomic E-state index is 0.625. The fourth-order valence-electron chi connectivity index (χ4n) is 2.06. The lowest BCUT2D eigenvalue weighted by Gasteiger charge is -1.96. The Morgan fingerprint density at radius 2 is 1.24 bits per heavy atom. The first-order chi connectivity index (χ1) is 8.06. The van der Waals surface area contributed by atoms with Crippen molar-refractivity contribution in [1.82, 2.24) is 4.98 Å². The van der Waals surface area contributed by atoms with Crippen molar-refractivity contribution in [3.05, 3.63) is 21.9 Å². The first-order valence-corrected chi connectivity index (χ1v) is 7.74. The molecule has 0 saturated heterocycles. The molecule has 0 radical (unpaired) electrons. The van der Waals surface area contributed by atoms with Gasteiger partial charge in [-0.15, -0.1) is 22.7 Å². The molecule has 0 aromatic carbocycles. The molecule has 1 N–H and O–H groups in total. The number of aromatic nitrogens is 1. The lowest BCUT2D eigenvalue weighted by molar-refractivity contribution is 0.890. The Labute approximate surface area is 109 Å².